The van der Waals surface area contributed by atoms with Crippen LogP contribution in [0.4, 0.5) is 0 Å². The van der Waals surface area contributed by atoms with E-state index in [1.165, 1.54) is 11.1 Å². The van der Waals surface area contributed by atoms with Gasteiger partial charge in [-0.15, -0.1) is 0 Å². The summed E-state index contributed by atoms with van der Waals surface area (Å²) in [6, 6.07) is 18.2. The van der Waals surface area contributed by atoms with E-state index in [-0.39, 0.29) is 11.7 Å². The molecule has 0 saturated heterocycles. The van der Waals surface area contributed by atoms with Gasteiger partial charge in [-0.05, 0) is 71.5 Å². The van der Waals surface area contributed by atoms with Crippen LogP contribution in [0.2, 0.25) is 0 Å². The Kier molecular flexibility index (Phi) is 7.29. The third-order valence-electron chi connectivity index (χ3n) is 6.81. The molecule has 4 nitrogen and oxygen atoms in total. The lowest BCUT2D eigenvalue weighted by Gasteiger charge is -2.23. The van der Waals surface area contributed by atoms with Crippen LogP contribution in [0.1, 0.15) is 47.6 Å². The Balaban J connectivity index is 1.52. The van der Waals surface area contributed by atoms with Crippen LogP contribution in [-0.2, 0) is 22.3 Å². The zero-order valence-corrected chi connectivity index (χ0v) is 21.5. The highest BCUT2D eigenvalue weighted by Gasteiger charge is 2.26. The lowest BCUT2D eigenvalue weighted by Crippen LogP contribution is -2.07. The van der Waals surface area contributed by atoms with Crippen LogP contribution in [0.25, 0.3) is 23.0 Å². The molecule has 0 aliphatic heterocycles. The van der Waals surface area contributed by atoms with Gasteiger partial charge in [-0.1, -0.05) is 61.5 Å². The molecular formula is C33H32O4. The van der Waals surface area contributed by atoms with E-state index in [0.717, 1.165) is 51.5 Å². The summed E-state index contributed by atoms with van der Waals surface area (Å²) < 4.78 is 17.6. The molecule has 3 aromatic rings. The number of hydrogen-bond acceptors (Lipinski definition) is 4. The molecule has 2 aliphatic carbocycles. The van der Waals surface area contributed by atoms with Crippen molar-refractivity contribution < 1.29 is 19.3 Å². The van der Waals surface area contributed by atoms with E-state index in [0.29, 0.717) is 13.0 Å². The molecule has 188 valence electrons. The van der Waals surface area contributed by atoms with Gasteiger partial charge in [0.1, 0.15) is 23.0 Å². The number of allylic oxidation sites excluding steroid dienone is 5. The number of benzene rings is 3. The highest BCUT2D eigenvalue weighted by Crippen LogP contribution is 2.45. The second kappa shape index (κ2) is 10.9. The molecule has 0 saturated carbocycles. The predicted octanol–water partition coefficient (Wildman–Crippen LogP) is 7.79. The third kappa shape index (κ3) is 5.11. The number of methoxy groups -OCH3 is 1. The minimum absolute atomic E-state index is 0.0689. The molecule has 1 unspecified atom stereocenters. The molecule has 2 aliphatic rings. The molecule has 3 aromatic carbocycles. The minimum atomic E-state index is 0.0689. The maximum atomic E-state index is 11.3. The van der Waals surface area contributed by atoms with E-state index >= 15 is 0 Å². The van der Waals surface area contributed by atoms with Crippen molar-refractivity contribution in [3.05, 3.63) is 119 Å². The highest BCUT2D eigenvalue weighted by molar-refractivity contribution is 5.84. The molecule has 5 rings (SSSR count). The zero-order chi connectivity index (χ0) is 25.8. The Labute approximate surface area is 218 Å². The Morgan fingerprint density at radius 2 is 1.86 bits per heavy atom. The van der Waals surface area contributed by atoms with Crippen LogP contribution in [0.3, 0.4) is 0 Å². The van der Waals surface area contributed by atoms with Crippen LogP contribution in [0, 0.1) is 0 Å². The number of hydrogen-bond donors (Lipinski definition) is 1. The SMILES string of the molecule is CC=COC1=CC=CC(C)c2c1c(CCOC)cc(O)c2-c1ccc(OC2=Cc3ccccc3C2)cc1. The number of phenols is 1. The van der Waals surface area contributed by atoms with Gasteiger partial charge in [-0.3, -0.25) is 0 Å². The monoisotopic (exact) mass is 492 g/mol. The second-order valence-corrected chi connectivity index (χ2v) is 9.37. The van der Waals surface area contributed by atoms with Crippen molar-refractivity contribution in [3.8, 4) is 22.6 Å². The Hall–Kier alpha value is -4.02. The van der Waals surface area contributed by atoms with Crippen LogP contribution in [-0.4, -0.2) is 18.8 Å². The normalized spacial score (nSPS) is 16.1. The van der Waals surface area contributed by atoms with Gasteiger partial charge in [0.15, 0.2) is 0 Å². The fraction of sp³-hybridized carbons (Fsp3) is 0.212. The molecule has 1 N–H and O–H groups in total. The third-order valence-corrected chi connectivity index (χ3v) is 6.81. The van der Waals surface area contributed by atoms with Gasteiger partial charge in [0.25, 0.3) is 0 Å². The summed E-state index contributed by atoms with van der Waals surface area (Å²) in [5.74, 6) is 2.78. The largest absolute Gasteiger partial charge is 0.507 e. The molecule has 37 heavy (non-hydrogen) atoms. The van der Waals surface area contributed by atoms with Crippen molar-refractivity contribution >= 4 is 11.8 Å². The maximum absolute atomic E-state index is 11.3. The summed E-state index contributed by atoms with van der Waals surface area (Å²) in [4.78, 5) is 0. The fourth-order valence-corrected chi connectivity index (χ4v) is 5.09. The first-order valence-corrected chi connectivity index (χ1v) is 12.7. The molecule has 0 amide bonds. The van der Waals surface area contributed by atoms with Crippen LogP contribution in [0.15, 0.2) is 90.9 Å². The lowest BCUT2D eigenvalue weighted by atomic mass is 9.83. The Morgan fingerprint density at radius 1 is 1.05 bits per heavy atom. The Bertz CT molecular complexity index is 1410. The van der Waals surface area contributed by atoms with E-state index in [1.807, 2.05) is 61.5 Å². The van der Waals surface area contributed by atoms with Crippen molar-refractivity contribution in [2.75, 3.05) is 13.7 Å². The van der Waals surface area contributed by atoms with Crippen molar-refractivity contribution in [2.24, 2.45) is 0 Å². The fourth-order valence-electron chi connectivity index (χ4n) is 5.09. The smallest absolute Gasteiger partial charge is 0.134 e. The molecule has 0 fully saturated rings. The van der Waals surface area contributed by atoms with E-state index in [4.69, 9.17) is 14.2 Å². The Morgan fingerprint density at radius 3 is 2.62 bits per heavy atom. The first-order chi connectivity index (χ1) is 18.1. The van der Waals surface area contributed by atoms with Gasteiger partial charge in [0.05, 0.1) is 12.9 Å². The summed E-state index contributed by atoms with van der Waals surface area (Å²) in [6.07, 6.45) is 13.3. The molecule has 1 atom stereocenters. The van der Waals surface area contributed by atoms with Crippen molar-refractivity contribution in [2.45, 2.75) is 32.6 Å². The van der Waals surface area contributed by atoms with E-state index in [9.17, 15) is 5.11 Å². The average Bonchev–Trinajstić information content (AvgIpc) is 3.24. The van der Waals surface area contributed by atoms with E-state index in [2.05, 4.69) is 37.3 Å². The topological polar surface area (TPSA) is 47.9 Å². The highest BCUT2D eigenvalue weighted by atomic mass is 16.5. The first kappa shape index (κ1) is 24.7. The van der Waals surface area contributed by atoms with Gasteiger partial charge >= 0.3 is 0 Å². The average molecular weight is 493 g/mol. The molecular weight excluding hydrogens is 460 g/mol. The predicted molar refractivity (Wildman–Crippen MR) is 149 cm³/mol. The molecule has 0 bridgehead atoms. The number of rotatable bonds is 8. The van der Waals surface area contributed by atoms with E-state index < -0.39 is 0 Å². The second-order valence-electron chi connectivity index (χ2n) is 9.37. The summed E-state index contributed by atoms with van der Waals surface area (Å²) in [7, 11) is 1.69. The zero-order valence-electron chi connectivity index (χ0n) is 21.5. The lowest BCUT2D eigenvalue weighted by molar-refractivity contribution is 0.202. The van der Waals surface area contributed by atoms with Gasteiger partial charge in [0, 0.05) is 30.6 Å². The summed E-state index contributed by atoms with van der Waals surface area (Å²) in [5, 5.41) is 11.3. The first-order valence-electron chi connectivity index (χ1n) is 12.7. The van der Waals surface area contributed by atoms with Crippen LogP contribution in [0.5, 0.6) is 11.5 Å². The number of aromatic hydroxyl groups is 1. The molecule has 0 spiro atoms. The molecule has 0 heterocycles. The van der Waals surface area contributed by atoms with Gasteiger partial charge in [-0.25, -0.2) is 0 Å². The van der Waals surface area contributed by atoms with Gasteiger partial charge in [0.2, 0.25) is 0 Å². The van der Waals surface area contributed by atoms with Crippen molar-refractivity contribution in [1.82, 2.24) is 0 Å². The standard InChI is InChI=1S/C33H32O4/c1-4-17-36-30-11-7-8-22(2)31-32(29(34)21-26(33(30)31)16-18-35-3)23-12-14-27(15-13-23)37-28-19-24-9-5-6-10-25(24)20-28/h4-15,17,19,21-22,34H,16,18,20H2,1-3H3. The van der Waals surface area contributed by atoms with E-state index in [1.54, 1.807) is 13.4 Å². The van der Waals surface area contributed by atoms with Crippen molar-refractivity contribution in [3.63, 3.8) is 0 Å². The molecule has 0 aromatic heterocycles. The number of ether oxygens (including phenoxy) is 3. The van der Waals surface area contributed by atoms with Crippen LogP contribution < -0.4 is 4.74 Å². The maximum Gasteiger partial charge on any atom is 0.134 e. The molecule has 4 heteroatoms. The van der Waals surface area contributed by atoms with Gasteiger partial charge < -0.3 is 19.3 Å². The number of phenolic OH excluding ortho intramolecular Hbond substituents is 1. The number of fused-ring (bicyclic) bond motifs is 2. The minimum Gasteiger partial charge on any atom is -0.507 e. The quantitative estimate of drug-likeness (QED) is 0.326. The van der Waals surface area contributed by atoms with Crippen LogP contribution >= 0.6 is 0 Å². The van der Waals surface area contributed by atoms with Gasteiger partial charge in [-0.2, -0.15) is 0 Å². The summed E-state index contributed by atoms with van der Waals surface area (Å²) >= 11 is 0. The molecule has 0 radical (unpaired) electrons. The summed E-state index contributed by atoms with van der Waals surface area (Å²) in [5.41, 5.74) is 7.27. The van der Waals surface area contributed by atoms with Crippen molar-refractivity contribution in [1.29, 1.82) is 0 Å². The summed E-state index contributed by atoms with van der Waals surface area (Å²) in [6.45, 7) is 4.62.